The highest BCUT2D eigenvalue weighted by Crippen LogP contribution is 2.35. The lowest BCUT2D eigenvalue weighted by atomic mass is 10.1. The van der Waals surface area contributed by atoms with E-state index in [-0.39, 0.29) is 5.69 Å². The van der Waals surface area contributed by atoms with Gasteiger partial charge >= 0.3 is 0 Å². The van der Waals surface area contributed by atoms with E-state index < -0.39 is 4.92 Å². The number of nitro groups is 1. The Kier molecular flexibility index (Phi) is 6.59. The summed E-state index contributed by atoms with van der Waals surface area (Å²) in [6.45, 7) is 2.03. The summed E-state index contributed by atoms with van der Waals surface area (Å²) in [5.41, 5.74) is 1.51. The van der Waals surface area contributed by atoms with Crippen LogP contribution in [-0.4, -0.2) is 28.1 Å². The second-order valence-corrected chi connectivity index (χ2v) is 6.14. The smallest absolute Gasteiger partial charge is 0.277 e. The van der Waals surface area contributed by atoms with Crippen LogP contribution >= 0.6 is 0 Å². The molecule has 2 aromatic carbocycles. The van der Waals surface area contributed by atoms with E-state index in [0.717, 1.165) is 12.1 Å². The summed E-state index contributed by atoms with van der Waals surface area (Å²) in [6.07, 6.45) is 5.31. The van der Waals surface area contributed by atoms with Crippen molar-refractivity contribution in [3.8, 4) is 11.5 Å². The molecule has 0 spiro atoms. The molecule has 0 unspecified atom stereocenters. The van der Waals surface area contributed by atoms with Crippen LogP contribution in [0.3, 0.4) is 0 Å². The SMILES string of the molecule is COc1cc(CNCCn2ccnc2)c([N+](=O)[O-])cc1OCc1ccccc1. The molecule has 0 amide bonds. The highest BCUT2D eigenvalue weighted by atomic mass is 16.6. The van der Waals surface area contributed by atoms with Gasteiger partial charge in [-0.15, -0.1) is 0 Å². The van der Waals surface area contributed by atoms with Gasteiger partial charge in [0.15, 0.2) is 11.5 Å². The Morgan fingerprint density at radius 1 is 1.21 bits per heavy atom. The Morgan fingerprint density at radius 3 is 2.71 bits per heavy atom. The molecule has 8 heteroatoms. The molecule has 1 N–H and O–H groups in total. The van der Waals surface area contributed by atoms with Crippen molar-refractivity contribution in [3.05, 3.63) is 82.4 Å². The Balaban J connectivity index is 1.69. The monoisotopic (exact) mass is 382 g/mol. The molecular formula is C20H22N4O4. The van der Waals surface area contributed by atoms with Crippen molar-refractivity contribution >= 4 is 5.69 Å². The third kappa shape index (κ3) is 5.08. The van der Waals surface area contributed by atoms with Gasteiger partial charge in [0.05, 0.1) is 24.4 Å². The molecule has 3 rings (SSSR count). The number of ether oxygens (including phenoxy) is 2. The first kappa shape index (κ1) is 19.4. The van der Waals surface area contributed by atoms with E-state index in [9.17, 15) is 10.1 Å². The van der Waals surface area contributed by atoms with Crippen molar-refractivity contribution in [2.45, 2.75) is 19.7 Å². The van der Waals surface area contributed by atoms with Crippen LogP contribution in [0.25, 0.3) is 0 Å². The van der Waals surface area contributed by atoms with Gasteiger partial charge in [-0.05, 0) is 11.6 Å². The molecule has 0 aliphatic rings. The molecule has 146 valence electrons. The Hall–Kier alpha value is -3.39. The first-order valence-corrected chi connectivity index (χ1v) is 8.86. The Morgan fingerprint density at radius 2 is 2.04 bits per heavy atom. The van der Waals surface area contributed by atoms with Crippen LogP contribution in [0.1, 0.15) is 11.1 Å². The van der Waals surface area contributed by atoms with Crippen LogP contribution in [0.2, 0.25) is 0 Å². The van der Waals surface area contributed by atoms with E-state index in [0.29, 0.717) is 36.8 Å². The second kappa shape index (κ2) is 9.52. The summed E-state index contributed by atoms with van der Waals surface area (Å²) in [7, 11) is 1.52. The maximum absolute atomic E-state index is 11.5. The molecule has 0 atom stereocenters. The van der Waals surface area contributed by atoms with E-state index in [1.165, 1.54) is 13.2 Å². The summed E-state index contributed by atoms with van der Waals surface area (Å²) in [5.74, 6) is 0.813. The number of nitrogens with one attached hydrogen (secondary N) is 1. The van der Waals surface area contributed by atoms with Crippen LogP contribution in [0.5, 0.6) is 11.5 Å². The molecule has 1 heterocycles. The predicted molar refractivity (Wildman–Crippen MR) is 104 cm³/mol. The zero-order chi connectivity index (χ0) is 19.8. The maximum atomic E-state index is 11.5. The third-order valence-electron chi connectivity index (χ3n) is 4.22. The molecule has 0 aliphatic carbocycles. The Bertz CT molecular complexity index is 898. The summed E-state index contributed by atoms with van der Waals surface area (Å²) in [5, 5.41) is 14.8. The molecule has 0 aliphatic heterocycles. The van der Waals surface area contributed by atoms with E-state index in [1.807, 2.05) is 41.1 Å². The molecule has 3 aromatic rings. The molecule has 0 saturated carbocycles. The molecule has 0 radical (unpaired) electrons. The minimum absolute atomic E-state index is 0.000933. The highest BCUT2D eigenvalue weighted by molar-refractivity contribution is 5.54. The highest BCUT2D eigenvalue weighted by Gasteiger charge is 2.19. The van der Waals surface area contributed by atoms with Crippen LogP contribution in [0, 0.1) is 10.1 Å². The van der Waals surface area contributed by atoms with Crippen LogP contribution < -0.4 is 14.8 Å². The number of rotatable bonds is 10. The van der Waals surface area contributed by atoms with Gasteiger partial charge in [-0.3, -0.25) is 10.1 Å². The van der Waals surface area contributed by atoms with Gasteiger partial charge in [0, 0.05) is 37.6 Å². The van der Waals surface area contributed by atoms with Gasteiger partial charge < -0.3 is 19.4 Å². The minimum atomic E-state index is -0.401. The van der Waals surface area contributed by atoms with Crippen LogP contribution in [-0.2, 0) is 19.7 Å². The van der Waals surface area contributed by atoms with Gasteiger partial charge in [0.2, 0.25) is 0 Å². The van der Waals surface area contributed by atoms with Crippen LogP contribution in [0.4, 0.5) is 5.69 Å². The van der Waals surface area contributed by atoms with Crippen molar-refractivity contribution in [2.75, 3.05) is 13.7 Å². The van der Waals surface area contributed by atoms with Crippen LogP contribution in [0.15, 0.2) is 61.2 Å². The summed E-state index contributed by atoms with van der Waals surface area (Å²) in [6, 6.07) is 12.7. The maximum Gasteiger partial charge on any atom is 0.277 e. The number of hydrogen-bond acceptors (Lipinski definition) is 6. The topological polar surface area (TPSA) is 91.5 Å². The summed E-state index contributed by atoms with van der Waals surface area (Å²) in [4.78, 5) is 15.1. The summed E-state index contributed by atoms with van der Waals surface area (Å²) >= 11 is 0. The van der Waals surface area contributed by atoms with Crippen molar-refractivity contribution in [3.63, 3.8) is 0 Å². The molecule has 0 saturated heterocycles. The van der Waals surface area contributed by atoms with E-state index in [2.05, 4.69) is 10.3 Å². The number of nitro benzene ring substituents is 1. The first-order valence-electron chi connectivity index (χ1n) is 8.86. The van der Waals surface area contributed by atoms with E-state index in [4.69, 9.17) is 9.47 Å². The van der Waals surface area contributed by atoms with Gasteiger partial charge in [-0.1, -0.05) is 30.3 Å². The van der Waals surface area contributed by atoms with Gasteiger partial charge in [0.1, 0.15) is 6.61 Å². The number of hydrogen-bond donors (Lipinski definition) is 1. The fourth-order valence-corrected chi connectivity index (χ4v) is 2.76. The predicted octanol–water partition coefficient (Wildman–Crippen LogP) is 3.17. The lowest BCUT2D eigenvalue weighted by molar-refractivity contribution is -0.385. The zero-order valence-corrected chi connectivity index (χ0v) is 15.6. The Labute approximate surface area is 162 Å². The van der Waals surface area contributed by atoms with Crippen molar-refractivity contribution in [2.24, 2.45) is 0 Å². The second-order valence-electron chi connectivity index (χ2n) is 6.14. The standard InChI is InChI=1S/C20H22N4O4/c1-27-19-11-17(13-21-7-9-23-10-8-22-15-23)18(24(25)26)12-20(19)28-14-16-5-3-2-4-6-16/h2-6,8,10-12,15,21H,7,9,13-14H2,1H3. The molecular weight excluding hydrogens is 360 g/mol. The molecule has 0 fully saturated rings. The fourth-order valence-electron chi connectivity index (χ4n) is 2.76. The third-order valence-corrected chi connectivity index (χ3v) is 4.22. The average molecular weight is 382 g/mol. The lowest BCUT2D eigenvalue weighted by Gasteiger charge is -2.13. The quantitative estimate of drug-likeness (QED) is 0.329. The molecule has 1 aromatic heterocycles. The number of imidazole rings is 1. The number of benzene rings is 2. The van der Waals surface area contributed by atoms with E-state index >= 15 is 0 Å². The zero-order valence-electron chi connectivity index (χ0n) is 15.6. The number of methoxy groups -OCH3 is 1. The minimum Gasteiger partial charge on any atom is -0.493 e. The first-order chi connectivity index (χ1) is 13.7. The van der Waals surface area contributed by atoms with E-state index in [1.54, 1.807) is 18.6 Å². The molecule has 28 heavy (non-hydrogen) atoms. The number of nitrogens with zero attached hydrogens (tertiary/aromatic N) is 3. The fraction of sp³-hybridized carbons (Fsp3) is 0.250. The van der Waals surface area contributed by atoms with Crippen molar-refractivity contribution in [1.29, 1.82) is 0 Å². The number of aromatic nitrogens is 2. The van der Waals surface area contributed by atoms with Crippen molar-refractivity contribution < 1.29 is 14.4 Å². The molecule has 8 nitrogen and oxygen atoms in total. The van der Waals surface area contributed by atoms with Crippen molar-refractivity contribution in [1.82, 2.24) is 14.9 Å². The summed E-state index contributed by atoms with van der Waals surface area (Å²) < 4.78 is 13.1. The average Bonchev–Trinajstić information content (AvgIpc) is 3.23. The largest absolute Gasteiger partial charge is 0.493 e. The van der Waals surface area contributed by atoms with Gasteiger partial charge in [-0.25, -0.2) is 4.98 Å². The van der Waals surface area contributed by atoms with Gasteiger partial charge in [-0.2, -0.15) is 0 Å². The molecule has 0 bridgehead atoms. The van der Waals surface area contributed by atoms with Gasteiger partial charge in [0.25, 0.3) is 5.69 Å². The normalized spacial score (nSPS) is 10.6. The lowest BCUT2D eigenvalue weighted by Crippen LogP contribution is -2.19.